The first kappa shape index (κ1) is 20.7. The van der Waals surface area contributed by atoms with Crippen LogP contribution in [-0.2, 0) is 9.59 Å². The minimum absolute atomic E-state index is 0.0480. The molecule has 2 rings (SSSR count). The zero-order valence-electron chi connectivity index (χ0n) is 16.1. The van der Waals surface area contributed by atoms with Crippen molar-refractivity contribution in [2.45, 2.75) is 65.0 Å². The molecule has 1 aliphatic rings. The van der Waals surface area contributed by atoms with E-state index in [-0.39, 0.29) is 23.8 Å². The van der Waals surface area contributed by atoms with E-state index in [1.807, 2.05) is 27.8 Å². The summed E-state index contributed by atoms with van der Waals surface area (Å²) in [5.74, 6) is -0.263. The molecular formula is C20H30ClN3O2. The van der Waals surface area contributed by atoms with Gasteiger partial charge in [0.15, 0.2) is 0 Å². The molecular weight excluding hydrogens is 350 g/mol. The Morgan fingerprint density at radius 2 is 1.73 bits per heavy atom. The minimum atomic E-state index is -0.211. The van der Waals surface area contributed by atoms with Crippen LogP contribution in [0.2, 0.25) is 5.02 Å². The zero-order valence-corrected chi connectivity index (χ0v) is 16.9. The minimum Gasteiger partial charge on any atom is -0.325 e. The Labute approximate surface area is 161 Å². The van der Waals surface area contributed by atoms with E-state index in [0.29, 0.717) is 22.4 Å². The summed E-state index contributed by atoms with van der Waals surface area (Å²) in [6.07, 6.45) is 6.09. The molecule has 6 heteroatoms. The van der Waals surface area contributed by atoms with E-state index in [4.69, 9.17) is 11.6 Å². The van der Waals surface area contributed by atoms with Gasteiger partial charge in [-0.25, -0.2) is 0 Å². The van der Waals surface area contributed by atoms with E-state index in [1.54, 1.807) is 18.2 Å². The highest BCUT2D eigenvalue weighted by Crippen LogP contribution is 2.27. The molecule has 144 valence electrons. The maximum atomic E-state index is 12.6. The van der Waals surface area contributed by atoms with Gasteiger partial charge in [0.1, 0.15) is 0 Å². The van der Waals surface area contributed by atoms with Gasteiger partial charge in [0.2, 0.25) is 11.8 Å². The van der Waals surface area contributed by atoms with Crippen LogP contribution < -0.4 is 10.6 Å². The molecule has 2 amide bonds. The van der Waals surface area contributed by atoms with E-state index in [9.17, 15) is 9.59 Å². The Morgan fingerprint density at radius 1 is 1.08 bits per heavy atom. The summed E-state index contributed by atoms with van der Waals surface area (Å²) in [6.45, 7) is 5.58. The number of amides is 2. The monoisotopic (exact) mass is 379 g/mol. The molecule has 5 nitrogen and oxygen atoms in total. The van der Waals surface area contributed by atoms with Crippen LogP contribution in [0.5, 0.6) is 0 Å². The molecule has 2 N–H and O–H groups in total. The Hall–Kier alpha value is -1.59. The highest BCUT2D eigenvalue weighted by molar-refractivity contribution is 6.34. The highest BCUT2D eigenvalue weighted by atomic mass is 35.5. The van der Waals surface area contributed by atoms with Crippen LogP contribution in [0, 0.1) is 5.92 Å². The molecule has 0 aliphatic heterocycles. The molecule has 1 aliphatic carbocycles. The van der Waals surface area contributed by atoms with Crippen LogP contribution in [0.15, 0.2) is 18.2 Å². The normalized spacial score (nSPS) is 16.6. The maximum Gasteiger partial charge on any atom is 0.241 e. The molecule has 0 radical (unpaired) electrons. The molecule has 0 aromatic heterocycles. The number of benzene rings is 1. The van der Waals surface area contributed by atoms with Crippen LogP contribution in [0.4, 0.5) is 11.4 Å². The summed E-state index contributed by atoms with van der Waals surface area (Å²) in [4.78, 5) is 26.6. The molecule has 1 unspecified atom stereocenters. The number of anilines is 2. The zero-order chi connectivity index (χ0) is 19.3. The van der Waals surface area contributed by atoms with Crippen molar-refractivity contribution < 1.29 is 9.59 Å². The lowest BCUT2D eigenvalue weighted by Crippen LogP contribution is -2.46. The quantitative estimate of drug-likeness (QED) is 0.763. The summed E-state index contributed by atoms with van der Waals surface area (Å²) >= 11 is 6.25. The average molecular weight is 380 g/mol. The molecule has 0 saturated heterocycles. The number of likely N-dealkylation sites (N-methyl/N-ethyl adjacent to an activating group) is 1. The lowest BCUT2D eigenvalue weighted by atomic mass is 9.93. The summed E-state index contributed by atoms with van der Waals surface area (Å²) in [6, 6.07) is 5.41. The van der Waals surface area contributed by atoms with Gasteiger partial charge in [-0.15, -0.1) is 0 Å². The topological polar surface area (TPSA) is 61.4 Å². The first-order valence-electron chi connectivity index (χ1n) is 9.42. The molecule has 0 bridgehead atoms. The van der Waals surface area contributed by atoms with Gasteiger partial charge in [-0.05, 0) is 45.0 Å². The van der Waals surface area contributed by atoms with Gasteiger partial charge in [-0.3, -0.25) is 14.5 Å². The van der Waals surface area contributed by atoms with Crippen molar-refractivity contribution in [3.05, 3.63) is 23.2 Å². The standard InChI is InChI=1S/C20H30ClN3O2/c1-13(2)19(25)23-18-11-10-15(12-17(18)21)22-20(26)14(3)24(4)16-8-6-5-7-9-16/h10-14,16H,5-9H2,1-4H3,(H,22,26)(H,23,25). The van der Waals surface area contributed by atoms with Crippen molar-refractivity contribution in [1.29, 1.82) is 0 Å². The van der Waals surface area contributed by atoms with E-state index in [2.05, 4.69) is 15.5 Å². The third-order valence-electron chi connectivity index (χ3n) is 5.16. The van der Waals surface area contributed by atoms with Crippen LogP contribution in [0.25, 0.3) is 0 Å². The number of hydrogen-bond acceptors (Lipinski definition) is 3. The van der Waals surface area contributed by atoms with Gasteiger partial charge < -0.3 is 10.6 Å². The second-order valence-corrected chi connectivity index (χ2v) is 7.87. The molecule has 26 heavy (non-hydrogen) atoms. The van der Waals surface area contributed by atoms with Gasteiger partial charge in [0.25, 0.3) is 0 Å². The average Bonchev–Trinajstić information content (AvgIpc) is 2.63. The Balaban J connectivity index is 1.97. The lowest BCUT2D eigenvalue weighted by Gasteiger charge is -2.34. The first-order chi connectivity index (χ1) is 12.3. The number of nitrogens with one attached hydrogen (secondary N) is 2. The third kappa shape index (κ3) is 5.45. The highest BCUT2D eigenvalue weighted by Gasteiger charge is 2.26. The molecule has 0 spiro atoms. The van der Waals surface area contributed by atoms with E-state index in [0.717, 1.165) is 12.8 Å². The largest absolute Gasteiger partial charge is 0.325 e. The molecule has 1 saturated carbocycles. The second kappa shape index (κ2) is 9.38. The Morgan fingerprint density at radius 3 is 2.31 bits per heavy atom. The van der Waals surface area contributed by atoms with E-state index in [1.165, 1.54) is 19.3 Å². The van der Waals surface area contributed by atoms with E-state index >= 15 is 0 Å². The van der Waals surface area contributed by atoms with E-state index < -0.39 is 0 Å². The molecule has 1 atom stereocenters. The predicted molar refractivity (Wildman–Crippen MR) is 108 cm³/mol. The number of hydrogen-bond donors (Lipinski definition) is 2. The van der Waals surface area contributed by atoms with Crippen molar-refractivity contribution >= 4 is 34.8 Å². The molecule has 1 fully saturated rings. The fraction of sp³-hybridized carbons (Fsp3) is 0.600. The lowest BCUT2D eigenvalue weighted by molar-refractivity contribution is -0.121. The number of rotatable bonds is 6. The van der Waals surface area contributed by atoms with Crippen molar-refractivity contribution in [2.75, 3.05) is 17.7 Å². The molecule has 1 aromatic rings. The smallest absolute Gasteiger partial charge is 0.241 e. The number of nitrogens with zero attached hydrogens (tertiary/aromatic N) is 1. The third-order valence-corrected chi connectivity index (χ3v) is 5.47. The van der Waals surface area contributed by atoms with Gasteiger partial charge >= 0.3 is 0 Å². The fourth-order valence-electron chi connectivity index (χ4n) is 3.21. The molecule has 0 heterocycles. The fourth-order valence-corrected chi connectivity index (χ4v) is 3.44. The van der Waals surface area contributed by atoms with Crippen molar-refractivity contribution in [3.8, 4) is 0 Å². The van der Waals surface area contributed by atoms with Crippen LogP contribution in [0.1, 0.15) is 52.9 Å². The van der Waals surface area contributed by atoms with Crippen LogP contribution in [-0.4, -0.2) is 35.8 Å². The summed E-state index contributed by atoms with van der Waals surface area (Å²) in [5.41, 5.74) is 1.18. The summed E-state index contributed by atoms with van der Waals surface area (Å²) < 4.78 is 0. The van der Waals surface area contributed by atoms with Gasteiger partial charge in [0, 0.05) is 17.6 Å². The van der Waals surface area contributed by atoms with Gasteiger partial charge in [0.05, 0.1) is 16.8 Å². The second-order valence-electron chi connectivity index (χ2n) is 7.46. The van der Waals surface area contributed by atoms with Crippen molar-refractivity contribution in [2.24, 2.45) is 5.92 Å². The maximum absolute atomic E-state index is 12.6. The van der Waals surface area contributed by atoms with Gasteiger partial charge in [-0.1, -0.05) is 44.7 Å². The predicted octanol–water partition coefficient (Wildman–Crippen LogP) is 4.53. The van der Waals surface area contributed by atoms with Crippen molar-refractivity contribution in [1.82, 2.24) is 4.90 Å². The molecule has 1 aromatic carbocycles. The Bertz CT molecular complexity index is 642. The SMILES string of the molecule is CC(C)C(=O)Nc1ccc(NC(=O)C(C)N(C)C2CCCCC2)cc1Cl. The Kier molecular flexibility index (Phi) is 7.47. The first-order valence-corrected chi connectivity index (χ1v) is 9.80. The summed E-state index contributed by atoms with van der Waals surface area (Å²) in [7, 11) is 2.03. The van der Waals surface area contributed by atoms with Crippen LogP contribution >= 0.6 is 11.6 Å². The van der Waals surface area contributed by atoms with Gasteiger partial charge in [-0.2, -0.15) is 0 Å². The van der Waals surface area contributed by atoms with Crippen LogP contribution in [0.3, 0.4) is 0 Å². The number of carbonyl (C=O) groups is 2. The number of halogens is 1. The number of carbonyl (C=O) groups excluding carboxylic acids is 2. The summed E-state index contributed by atoms with van der Waals surface area (Å²) in [5, 5.41) is 6.12. The van der Waals surface area contributed by atoms with Crippen molar-refractivity contribution in [3.63, 3.8) is 0 Å².